The highest BCUT2D eigenvalue weighted by molar-refractivity contribution is 5.92. The van der Waals surface area contributed by atoms with E-state index >= 15 is 0 Å². The quantitative estimate of drug-likeness (QED) is 0.798. The third kappa shape index (κ3) is 5.50. The minimum atomic E-state index is -0.230. The molecule has 0 saturated heterocycles. The van der Waals surface area contributed by atoms with E-state index in [1.54, 1.807) is 37.4 Å². The fourth-order valence-electron chi connectivity index (χ4n) is 1.98. The smallest absolute Gasteiger partial charge is 0.262 e. The molecule has 2 aromatic rings. The van der Waals surface area contributed by atoms with Crippen LogP contribution < -0.4 is 19.5 Å². The summed E-state index contributed by atoms with van der Waals surface area (Å²) in [4.78, 5) is 12.0. The highest BCUT2D eigenvalue weighted by Crippen LogP contribution is 2.20. The van der Waals surface area contributed by atoms with Crippen molar-refractivity contribution in [3.05, 3.63) is 48.5 Å². The van der Waals surface area contributed by atoms with Crippen molar-refractivity contribution in [2.75, 3.05) is 19.0 Å². The number of carbonyl (C=O) groups excluding carboxylic acids is 1. The maximum Gasteiger partial charge on any atom is 0.262 e. The van der Waals surface area contributed by atoms with Crippen LogP contribution in [0.3, 0.4) is 0 Å². The molecular formula is C19H23NO4. The minimum Gasteiger partial charge on any atom is -0.497 e. The first-order valence-electron chi connectivity index (χ1n) is 7.94. The van der Waals surface area contributed by atoms with Gasteiger partial charge in [-0.05, 0) is 49.7 Å². The predicted octanol–water partition coefficient (Wildman–Crippen LogP) is 3.89. The average Bonchev–Trinajstić information content (AvgIpc) is 2.60. The molecule has 1 amide bonds. The summed E-state index contributed by atoms with van der Waals surface area (Å²) >= 11 is 0. The van der Waals surface area contributed by atoms with E-state index in [2.05, 4.69) is 12.2 Å². The number of ether oxygens (including phenoxy) is 3. The van der Waals surface area contributed by atoms with E-state index in [-0.39, 0.29) is 18.6 Å². The van der Waals surface area contributed by atoms with Crippen molar-refractivity contribution in [1.29, 1.82) is 0 Å². The van der Waals surface area contributed by atoms with E-state index in [1.165, 1.54) is 0 Å². The molecule has 0 aliphatic rings. The summed E-state index contributed by atoms with van der Waals surface area (Å²) in [5, 5.41) is 2.80. The number of nitrogens with one attached hydrogen (secondary N) is 1. The van der Waals surface area contributed by atoms with Crippen LogP contribution in [0.5, 0.6) is 17.2 Å². The lowest BCUT2D eigenvalue weighted by Crippen LogP contribution is -2.20. The van der Waals surface area contributed by atoms with Gasteiger partial charge in [-0.1, -0.05) is 13.0 Å². The Morgan fingerprint density at radius 3 is 2.46 bits per heavy atom. The summed E-state index contributed by atoms with van der Waals surface area (Å²) in [7, 11) is 1.60. The highest BCUT2D eigenvalue weighted by Gasteiger charge is 2.06. The monoisotopic (exact) mass is 329 g/mol. The van der Waals surface area contributed by atoms with Gasteiger partial charge in [0.05, 0.1) is 13.2 Å². The van der Waals surface area contributed by atoms with Crippen molar-refractivity contribution in [1.82, 2.24) is 0 Å². The molecule has 0 spiro atoms. The molecule has 0 heterocycles. The molecule has 0 aliphatic carbocycles. The van der Waals surface area contributed by atoms with Crippen LogP contribution in [-0.4, -0.2) is 25.7 Å². The van der Waals surface area contributed by atoms with Gasteiger partial charge in [0, 0.05) is 11.8 Å². The van der Waals surface area contributed by atoms with Crippen LogP contribution in [0.25, 0.3) is 0 Å². The lowest BCUT2D eigenvalue weighted by molar-refractivity contribution is -0.118. The fraction of sp³-hybridized carbons (Fsp3) is 0.316. The second-order valence-corrected chi connectivity index (χ2v) is 5.38. The average molecular weight is 329 g/mol. The van der Waals surface area contributed by atoms with Gasteiger partial charge in [0.25, 0.3) is 5.91 Å². The molecule has 24 heavy (non-hydrogen) atoms. The summed E-state index contributed by atoms with van der Waals surface area (Å²) in [6.45, 7) is 4.00. The number of anilines is 1. The third-order valence-electron chi connectivity index (χ3n) is 3.46. The minimum absolute atomic E-state index is 0.0667. The van der Waals surface area contributed by atoms with Crippen LogP contribution in [0.2, 0.25) is 0 Å². The van der Waals surface area contributed by atoms with Gasteiger partial charge < -0.3 is 19.5 Å². The zero-order chi connectivity index (χ0) is 17.4. The van der Waals surface area contributed by atoms with Crippen LogP contribution in [0.4, 0.5) is 5.69 Å². The van der Waals surface area contributed by atoms with Gasteiger partial charge in [-0.15, -0.1) is 0 Å². The Bertz CT molecular complexity index is 655. The summed E-state index contributed by atoms with van der Waals surface area (Å²) in [6.07, 6.45) is 1.06. The first-order chi connectivity index (χ1) is 11.6. The molecule has 1 N–H and O–H groups in total. The summed E-state index contributed by atoms with van der Waals surface area (Å²) < 4.78 is 16.3. The van der Waals surface area contributed by atoms with Gasteiger partial charge in [0.1, 0.15) is 17.2 Å². The summed E-state index contributed by atoms with van der Waals surface area (Å²) in [5.74, 6) is 1.86. The Labute approximate surface area is 142 Å². The number of carbonyl (C=O) groups is 1. The van der Waals surface area contributed by atoms with Crippen LogP contribution >= 0.6 is 0 Å². The molecule has 5 heteroatoms. The summed E-state index contributed by atoms with van der Waals surface area (Å²) in [5.41, 5.74) is 0.680. The van der Waals surface area contributed by atoms with E-state index < -0.39 is 0 Å². The fourth-order valence-corrected chi connectivity index (χ4v) is 1.98. The van der Waals surface area contributed by atoms with Gasteiger partial charge in [0.15, 0.2) is 6.61 Å². The second kappa shape index (κ2) is 8.82. The molecule has 0 saturated carbocycles. The maximum atomic E-state index is 12.0. The first kappa shape index (κ1) is 17.7. The molecule has 0 aromatic heterocycles. The van der Waals surface area contributed by atoms with Crippen molar-refractivity contribution in [2.45, 2.75) is 26.4 Å². The van der Waals surface area contributed by atoms with Gasteiger partial charge in [-0.3, -0.25) is 4.79 Å². The molecule has 0 bridgehead atoms. The molecule has 5 nitrogen and oxygen atoms in total. The number of benzene rings is 2. The Hall–Kier alpha value is -2.69. The standard InChI is InChI=1S/C19H23NO4/c1-4-14(2)24-18-7-5-6-15(12-18)20-19(21)13-23-17-10-8-16(22-3)9-11-17/h5-12,14H,4,13H2,1-3H3,(H,20,21). The number of rotatable bonds is 8. The number of hydrogen-bond donors (Lipinski definition) is 1. The second-order valence-electron chi connectivity index (χ2n) is 5.38. The normalized spacial score (nSPS) is 11.5. The van der Waals surface area contributed by atoms with Gasteiger partial charge in [0.2, 0.25) is 0 Å². The van der Waals surface area contributed by atoms with Crippen molar-refractivity contribution >= 4 is 11.6 Å². The lowest BCUT2D eigenvalue weighted by Gasteiger charge is -2.14. The van der Waals surface area contributed by atoms with E-state index in [9.17, 15) is 4.79 Å². The van der Waals surface area contributed by atoms with Crippen LogP contribution in [-0.2, 0) is 4.79 Å². The van der Waals surface area contributed by atoms with Crippen molar-refractivity contribution < 1.29 is 19.0 Å². The molecule has 128 valence electrons. The Kier molecular flexibility index (Phi) is 6.49. The third-order valence-corrected chi connectivity index (χ3v) is 3.46. The Morgan fingerprint density at radius 1 is 1.08 bits per heavy atom. The molecule has 2 rings (SSSR count). The van der Waals surface area contributed by atoms with Gasteiger partial charge in [-0.2, -0.15) is 0 Å². The lowest BCUT2D eigenvalue weighted by atomic mass is 10.2. The molecule has 1 unspecified atom stereocenters. The maximum absolute atomic E-state index is 12.0. The van der Waals surface area contributed by atoms with Gasteiger partial charge in [-0.25, -0.2) is 0 Å². The zero-order valence-electron chi connectivity index (χ0n) is 14.2. The molecule has 0 radical (unpaired) electrons. The Balaban J connectivity index is 1.86. The van der Waals surface area contributed by atoms with Crippen molar-refractivity contribution in [3.63, 3.8) is 0 Å². The SMILES string of the molecule is CCC(C)Oc1cccc(NC(=O)COc2ccc(OC)cc2)c1. The number of methoxy groups -OCH3 is 1. The van der Waals surface area contributed by atoms with Crippen molar-refractivity contribution in [3.8, 4) is 17.2 Å². The molecule has 2 aromatic carbocycles. The molecular weight excluding hydrogens is 306 g/mol. The largest absolute Gasteiger partial charge is 0.497 e. The van der Waals surface area contributed by atoms with E-state index in [4.69, 9.17) is 14.2 Å². The van der Waals surface area contributed by atoms with Crippen LogP contribution in [0, 0.1) is 0 Å². The van der Waals surface area contributed by atoms with E-state index in [1.807, 2.05) is 25.1 Å². The van der Waals surface area contributed by atoms with Crippen LogP contribution in [0.15, 0.2) is 48.5 Å². The Morgan fingerprint density at radius 2 is 1.79 bits per heavy atom. The zero-order valence-corrected chi connectivity index (χ0v) is 14.2. The van der Waals surface area contributed by atoms with Crippen LogP contribution in [0.1, 0.15) is 20.3 Å². The topological polar surface area (TPSA) is 56.8 Å². The predicted molar refractivity (Wildman–Crippen MR) is 93.9 cm³/mol. The number of amides is 1. The molecule has 1 atom stereocenters. The molecule has 0 aliphatic heterocycles. The van der Waals surface area contributed by atoms with Gasteiger partial charge >= 0.3 is 0 Å². The molecule has 0 fully saturated rings. The highest BCUT2D eigenvalue weighted by atomic mass is 16.5. The first-order valence-corrected chi connectivity index (χ1v) is 7.94. The number of hydrogen-bond acceptors (Lipinski definition) is 4. The van der Waals surface area contributed by atoms with Crippen molar-refractivity contribution in [2.24, 2.45) is 0 Å². The summed E-state index contributed by atoms with van der Waals surface area (Å²) in [6, 6.07) is 14.4. The van der Waals surface area contributed by atoms with E-state index in [0.29, 0.717) is 11.4 Å². The van der Waals surface area contributed by atoms with E-state index in [0.717, 1.165) is 17.9 Å².